The van der Waals surface area contributed by atoms with Crippen molar-refractivity contribution in [2.45, 2.75) is 25.7 Å². The van der Waals surface area contributed by atoms with E-state index in [0.717, 1.165) is 46.0 Å². The summed E-state index contributed by atoms with van der Waals surface area (Å²) < 4.78 is 2.49. The molecule has 53 heavy (non-hydrogen) atoms. The molecule has 0 unspecified atom stereocenters. The van der Waals surface area contributed by atoms with E-state index in [9.17, 15) is 0 Å². The third kappa shape index (κ3) is 4.41. The van der Waals surface area contributed by atoms with Crippen molar-refractivity contribution in [3.8, 4) is 50.7 Å². The van der Waals surface area contributed by atoms with Crippen molar-refractivity contribution in [2.24, 2.45) is 0 Å². The summed E-state index contributed by atoms with van der Waals surface area (Å²) in [5, 5.41) is 5.37. The summed E-state index contributed by atoms with van der Waals surface area (Å²) in [7, 11) is 0. The molecule has 11 rings (SSSR count). The molecule has 0 bridgehead atoms. The van der Waals surface area contributed by atoms with Gasteiger partial charge in [-0.25, -0.2) is 9.97 Å². The maximum absolute atomic E-state index is 5.10. The number of aromatic nitrogens is 3. The first-order valence-electron chi connectivity index (χ1n) is 18.5. The Hall–Kier alpha value is -6.58. The first-order chi connectivity index (χ1) is 26.0. The molecule has 0 saturated carbocycles. The molecule has 0 fully saturated rings. The zero-order valence-corrected chi connectivity index (χ0v) is 29.6. The lowest BCUT2D eigenvalue weighted by molar-refractivity contribution is 0.666. The van der Waals surface area contributed by atoms with Crippen molar-refractivity contribution in [3.05, 3.63) is 180 Å². The van der Waals surface area contributed by atoms with Crippen LogP contribution in [0.5, 0.6) is 0 Å². The van der Waals surface area contributed by atoms with Gasteiger partial charge in [0.2, 0.25) is 0 Å². The van der Waals surface area contributed by atoms with Crippen LogP contribution in [0.3, 0.4) is 0 Å². The zero-order chi connectivity index (χ0) is 35.3. The molecular formula is C50H35N3. The molecule has 7 aromatic carbocycles. The summed E-state index contributed by atoms with van der Waals surface area (Å²) in [4.78, 5) is 10.1. The molecule has 0 radical (unpaired) electrons. The van der Waals surface area contributed by atoms with Crippen molar-refractivity contribution in [3.63, 3.8) is 0 Å². The van der Waals surface area contributed by atoms with E-state index in [-0.39, 0.29) is 5.41 Å². The Morgan fingerprint density at radius 2 is 1.23 bits per heavy atom. The lowest BCUT2D eigenvalue weighted by atomic mass is 9.78. The minimum Gasteiger partial charge on any atom is -0.309 e. The summed E-state index contributed by atoms with van der Waals surface area (Å²) in [6.45, 7) is 4.80. The first kappa shape index (κ1) is 30.1. The van der Waals surface area contributed by atoms with E-state index >= 15 is 0 Å². The van der Waals surface area contributed by atoms with Crippen LogP contribution in [-0.2, 0) is 11.8 Å². The van der Waals surface area contributed by atoms with Crippen molar-refractivity contribution in [2.75, 3.05) is 0 Å². The van der Waals surface area contributed by atoms with E-state index in [0.29, 0.717) is 0 Å². The molecular weight excluding hydrogens is 643 g/mol. The number of rotatable bonds is 4. The van der Waals surface area contributed by atoms with Crippen LogP contribution in [0.4, 0.5) is 0 Å². The molecule has 2 aromatic heterocycles. The van der Waals surface area contributed by atoms with Gasteiger partial charge in [0.15, 0.2) is 5.82 Å². The topological polar surface area (TPSA) is 30.7 Å². The maximum atomic E-state index is 5.10. The lowest BCUT2D eigenvalue weighted by Crippen LogP contribution is -2.16. The Morgan fingerprint density at radius 3 is 2.00 bits per heavy atom. The summed E-state index contributed by atoms with van der Waals surface area (Å²) in [5.41, 5.74) is 16.8. The highest BCUT2D eigenvalue weighted by Gasteiger charge is 2.38. The number of allylic oxidation sites excluding steroid dienone is 1. The largest absolute Gasteiger partial charge is 0.309 e. The van der Waals surface area contributed by atoms with Gasteiger partial charge in [0.25, 0.3) is 0 Å². The number of nitrogens with zero attached hydrogens (tertiary/aromatic N) is 3. The summed E-state index contributed by atoms with van der Waals surface area (Å²) in [6, 6.07) is 54.5. The van der Waals surface area contributed by atoms with Gasteiger partial charge >= 0.3 is 0 Å². The van der Waals surface area contributed by atoms with E-state index in [4.69, 9.17) is 9.97 Å². The van der Waals surface area contributed by atoms with Crippen LogP contribution in [0.25, 0.3) is 89.4 Å². The van der Waals surface area contributed by atoms with E-state index in [1.807, 2.05) is 24.3 Å². The van der Waals surface area contributed by atoms with Crippen LogP contribution in [0.2, 0.25) is 0 Å². The second-order valence-electron chi connectivity index (χ2n) is 14.9. The number of benzene rings is 7. The van der Waals surface area contributed by atoms with Gasteiger partial charge in [-0.3, -0.25) is 0 Å². The molecule has 0 N–H and O–H groups in total. The molecule has 0 saturated heterocycles. The second kappa shape index (κ2) is 11.2. The molecule has 9 aromatic rings. The second-order valence-corrected chi connectivity index (χ2v) is 14.9. The van der Waals surface area contributed by atoms with Gasteiger partial charge in [0, 0.05) is 38.6 Å². The highest BCUT2D eigenvalue weighted by atomic mass is 15.0. The summed E-state index contributed by atoms with van der Waals surface area (Å²) >= 11 is 0. The Morgan fingerprint density at radius 1 is 0.566 bits per heavy atom. The molecule has 0 amide bonds. The predicted octanol–water partition coefficient (Wildman–Crippen LogP) is 12.6. The highest BCUT2D eigenvalue weighted by Crippen LogP contribution is 2.54. The third-order valence-corrected chi connectivity index (χ3v) is 11.6. The van der Waals surface area contributed by atoms with Crippen molar-refractivity contribution in [1.82, 2.24) is 14.5 Å². The van der Waals surface area contributed by atoms with E-state index in [1.54, 1.807) is 0 Å². The molecule has 2 aliphatic carbocycles. The highest BCUT2D eigenvalue weighted by molar-refractivity contribution is 6.19. The first-order valence-corrected chi connectivity index (χ1v) is 18.5. The maximum Gasteiger partial charge on any atom is 0.160 e. The molecule has 0 aliphatic heterocycles. The van der Waals surface area contributed by atoms with Crippen LogP contribution < -0.4 is 0 Å². The van der Waals surface area contributed by atoms with Crippen LogP contribution in [0.15, 0.2) is 158 Å². The van der Waals surface area contributed by atoms with E-state index < -0.39 is 0 Å². The fourth-order valence-corrected chi connectivity index (χ4v) is 9.21. The average Bonchev–Trinajstić information content (AvgIpc) is 3.67. The van der Waals surface area contributed by atoms with Gasteiger partial charge < -0.3 is 4.57 Å². The van der Waals surface area contributed by atoms with Gasteiger partial charge in [-0.15, -0.1) is 0 Å². The minimum atomic E-state index is -0.0908. The fourth-order valence-electron chi connectivity index (χ4n) is 9.21. The summed E-state index contributed by atoms with van der Waals surface area (Å²) in [6.07, 6.45) is 5.59. The summed E-state index contributed by atoms with van der Waals surface area (Å²) in [5.74, 6) is 0.723. The smallest absolute Gasteiger partial charge is 0.160 e. The molecule has 0 atom stereocenters. The number of fused-ring (bicyclic) bond motifs is 8. The monoisotopic (exact) mass is 677 g/mol. The third-order valence-electron chi connectivity index (χ3n) is 11.6. The quantitative estimate of drug-likeness (QED) is 0.186. The molecule has 0 spiro atoms. The van der Waals surface area contributed by atoms with Crippen molar-refractivity contribution in [1.29, 1.82) is 0 Å². The Kier molecular flexibility index (Phi) is 6.36. The van der Waals surface area contributed by atoms with Crippen molar-refractivity contribution < 1.29 is 0 Å². The SMILES string of the molecule is CC1(C)c2ccccc2-c2cc3c4c(c5c(cc4c21)c1ccccc1n5-c1ccc(-c2cc(-c4ccccc4)nc(-c4ccccc4)n2)cc1)CC=C3. The van der Waals surface area contributed by atoms with Gasteiger partial charge in [-0.05, 0) is 87.0 Å². The van der Waals surface area contributed by atoms with Gasteiger partial charge in [0.1, 0.15) is 0 Å². The number of para-hydroxylation sites is 1. The van der Waals surface area contributed by atoms with Crippen LogP contribution in [0.1, 0.15) is 36.1 Å². The Labute approximate surface area is 308 Å². The molecule has 2 heterocycles. The van der Waals surface area contributed by atoms with Crippen LogP contribution in [0, 0.1) is 0 Å². The fraction of sp³-hybridized carbons (Fsp3) is 0.0800. The van der Waals surface area contributed by atoms with Crippen LogP contribution in [-0.4, -0.2) is 14.5 Å². The number of hydrogen-bond acceptors (Lipinski definition) is 2. The van der Waals surface area contributed by atoms with Crippen molar-refractivity contribution >= 4 is 38.7 Å². The van der Waals surface area contributed by atoms with Gasteiger partial charge in [-0.1, -0.05) is 141 Å². The normalized spacial score (nSPS) is 13.8. The number of hydrogen-bond donors (Lipinski definition) is 0. The zero-order valence-electron chi connectivity index (χ0n) is 29.6. The average molecular weight is 678 g/mol. The van der Waals surface area contributed by atoms with E-state index in [1.165, 1.54) is 66.0 Å². The minimum absolute atomic E-state index is 0.0908. The van der Waals surface area contributed by atoms with Crippen LogP contribution >= 0.6 is 0 Å². The predicted molar refractivity (Wildman–Crippen MR) is 220 cm³/mol. The van der Waals surface area contributed by atoms with Gasteiger partial charge in [-0.2, -0.15) is 0 Å². The van der Waals surface area contributed by atoms with E-state index in [2.05, 4.69) is 158 Å². The molecule has 2 aliphatic rings. The Bertz CT molecular complexity index is 2910. The molecule has 250 valence electrons. The molecule has 3 nitrogen and oxygen atoms in total. The standard InChI is InChI=1S/C50H35N3/c1-50(2)42-22-11-9-19-36(42)39-28-34-18-13-21-38-46(34)41(47(39)50)29-40-37-20-10-12-23-45(37)53(48(38)40)35-26-24-32(25-27-35)44-30-43(31-14-5-3-6-15-31)51-49(52-44)33-16-7-4-8-17-33/h3-20,22-30H,21H2,1-2H3. The van der Waals surface area contributed by atoms with Gasteiger partial charge in [0.05, 0.1) is 22.4 Å². The molecule has 3 heteroatoms. The lowest BCUT2D eigenvalue weighted by Gasteiger charge is -2.26. The Balaban J connectivity index is 1.12.